The molecule has 5 nitrogen and oxygen atoms in total. The quantitative estimate of drug-likeness (QED) is 0.845. The fourth-order valence-corrected chi connectivity index (χ4v) is 2.42. The lowest BCUT2D eigenvalue weighted by atomic mass is 9.98. The molecule has 1 atom stereocenters. The van der Waals surface area contributed by atoms with Crippen molar-refractivity contribution < 1.29 is 4.79 Å². The molecule has 1 aliphatic heterocycles. The molecule has 0 saturated carbocycles. The van der Waals surface area contributed by atoms with Crippen LogP contribution < -0.4 is 5.32 Å². The Hall–Kier alpha value is -1.36. The first-order valence-corrected chi connectivity index (χ1v) is 6.69. The van der Waals surface area contributed by atoms with Crippen LogP contribution >= 0.6 is 0 Å². The SMILES string of the molecule is CC(C)N(CC1CCCNC1)C(=O)c1ccn[nH]1. The minimum atomic E-state index is 0.0491. The zero-order chi connectivity index (χ0) is 13.0. The predicted octanol–water partition coefficient (Wildman–Crippen LogP) is 1.26. The maximum Gasteiger partial charge on any atom is 0.272 e. The highest BCUT2D eigenvalue weighted by Gasteiger charge is 2.24. The molecule has 1 aromatic rings. The zero-order valence-electron chi connectivity index (χ0n) is 11.1. The summed E-state index contributed by atoms with van der Waals surface area (Å²) in [6, 6.07) is 1.94. The Morgan fingerprint density at radius 2 is 2.44 bits per heavy atom. The van der Waals surface area contributed by atoms with Gasteiger partial charge < -0.3 is 10.2 Å². The molecular weight excluding hydrogens is 228 g/mol. The van der Waals surface area contributed by atoms with E-state index in [0.29, 0.717) is 11.6 Å². The van der Waals surface area contributed by atoms with Gasteiger partial charge in [-0.3, -0.25) is 9.89 Å². The van der Waals surface area contributed by atoms with Gasteiger partial charge in [-0.2, -0.15) is 5.10 Å². The highest BCUT2D eigenvalue weighted by Crippen LogP contribution is 2.15. The number of carbonyl (C=O) groups is 1. The summed E-state index contributed by atoms with van der Waals surface area (Å²) in [5.74, 6) is 0.612. The van der Waals surface area contributed by atoms with Crippen LogP contribution in [0.4, 0.5) is 0 Å². The largest absolute Gasteiger partial charge is 0.335 e. The van der Waals surface area contributed by atoms with E-state index in [1.54, 1.807) is 12.3 Å². The maximum atomic E-state index is 12.4. The number of hydrogen-bond donors (Lipinski definition) is 2. The number of piperidine rings is 1. The Bertz CT molecular complexity index is 368. The van der Waals surface area contributed by atoms with E-state index >= 15 is 0 Å². The highest BCUT2D eigenvalue weighted by atomic mass is 16.2. The molecule has 2 rings (SSSR count). The van der Waals surface area contributed by atoms with E-state index < -0.39 is 0 Å². The summed E-state index contributed by atoms with van der Waals surface area (Å²) in [5.41, 5.74) is 0.576. The van der Waals surface area contributed by atoms with E-state index in [1.807, 2.05) is 4.90 Å². The zero-order valence-corrected chi connectivity index (χ0v) is 11.1. The van der Waals surface area contributed by atoms with Crippen molar-refractivity contribution in [1.29, 1.82) is 0 Å². The first kappa shape index (κ1) is 13.1. The van der Waals surface area contributed by atoms with Gasteiger partial charge >= 0.3 is 0 Å². The number of nitrogens with zero attached hydrogens (tertiary/aromatic N) is 2. The van der Waals surface area contributed by atoms with Crippen LogP contribution in [0.15, 0.2) is 12.3 Å². The molecule has 1 saturated heterocycles. The van der Waals surface area contributed by atoms with E-state index in [9.17, 15) is 4.79 Å². The molecule has 1 aromatic heterocycles. The second-order valence-electron chi connectivity index (χ2n) is 5.23. The fourth-order valence-electron chi connectivity index (χ4n) is 2.42. The Balaban J connectivity index is 2.01. The molecule has 2 N–H and O–H groups in total. The summed E-state index contributed by atoms with van der Waals surface area (Å²) in [6.07, 6.45) is 4.02. The number of rotatable bonds is 4. The van der Waals surface area contributed by atoms with Crippen LogP contribution in [0.25, 0.3) is 0 Å². The van der Waals surface area contributed by atoms with Crippen LogP contribution in [0.3, 0.4) is 0 Å². The summed E-state index contributed by atoms with van der Waals surface area (Å²) in [4.78, 5) is 14.3. The standard InChI is InChI=1S/C13H22N4O/c1-10(2)17(9-11-4-3-6-14-8-11)13(18)12-5-7-15-16-12/h5,7,10-11,14H,3-4,6,8-9H2,1-2H3,(H,15,16). The van der Waals surface area contributed by atoms with Crippen LogP contribution in [0.1, 0.15) is 37.2 Å². The third-order valence-corrected chi connectivity index (χ3v) is 3.47. The van der Waals surface area contributed by atoms with Crippen LogP contribution in [0, 0.1) is 5.92 Å². The van der Waals surface area contributed by atoms with E-state index in [-0.39, 0.29) is 11.9 Å². The van der Waals surface area contributed by atoms with Crippen LogP contribution in [0.5, 0.6) is 0 Å². The topological polar surface area (TPSA) is 61.0 Å². The summed E-state index contributed by atoms with van der Waals surface area (Å²) in [6.45, 7) is 7.06. The predicted molar refractivity (Wildman–Crippen MR) is 70.4 cm³/mol. The Morgan fingerprint density at radius 1 is 1.61 bits per heavy atom. The molecule has 0 radical (unpaired) electrons. The van der Waals surface area contributed by atoms with Gasteiger partial charge in [-0.05, 0) is 51.8 Å². The molecule has 1 amide bonds. The van der Waals surface area contributed by atoms with Gasteiger partial charge in [0.1, 0.15) is 5.69 Å². The van der Waals surface area contributed by atoms with Crippen LogP contribution in [-0.2, 0) is 0 Å². The van der Waals surface area contributed by atoms with Gasteiger partial charge in [-0.25, -0.2) is 0 Å². The molecule has 100 valence electrons. The Labute approximate surface area is 108 Å². The summed E-state index contributed by atoms with van der Waals surface area (Å²) < 4.78 is 0. The average Bonchev–Trinajstić information content (AvgIpc) is 2.90. The molecule has 1 unspecified atom stereocenters. The van der Waals surface area contributed by atoms with Gasteiger partial charge in [0.2, 0.25) is 0 Å². The highest BCUT2D eigenvalue weighted by molar-refractivity contribution is 5.92. The minimum Gasteiger partial charge on any atom is -0.335 e. The molecule has 0 aromatic carbocycles. The van der Waals surface area contributed by atoms with Gasteiger partial charge in [-0.15, -0.1) is 0 Å². The number of hydrogen-bond acceptors (Lipinski definition) is 3. The molecule has 0 bridgehead atoms. The summed E-state index contributed by atoms with van der Waals surface area (Å²) in [5, 5.41) is 9.99. The summed E-state index contributed by atoms with van der Waals surface area (Å²) in [7, 11) is 0. The monoisotopic (exact) mass is 250 g/mol. The van der Waals surface area contributed by atoms with Gasteiger partial charge in [0.15, 0.2) is 0 Å². The van der Waals surface area contributed by atoms with Crippen molar-refractivity contribution in [1.82, 2.24) is 20.4 Å². The molecule has 0 aliphatic carbocycles. The van der Waals surface area contributed by atoms with Crippen molar-refractivity contribution in [3.05, 3.63) is 18.0 Å². The second-order valence-corrected chi connectivity index (χ2v) is 5.23. The first-order chi connectivity index (χ1) is 8.68. The molecule has 0 spiro atoms. The molecule has 2 heterocycles. The number of carbonyl (C=O) groups excluding carboxylic acids is 1. The number of aromatic nitrogens is 2. The van der Waals surface area contributed by atoms with Gasteiger partial charge in [0, 0.05) is 18.8 Å². The molecule has 18 heavy (non-hydrogen) atoms. The third-order valence-electron chi connectivity index (χ3n) is 3.47. The van der Waals surface area contributed by atoms with Crippen molar-refractivity contribution in [3.63, 3.8) is 0 Å². The lowest BCUT2D eigenvalue weighted by Crippen LogP contribution is -2.44. The van der Waals surface area contributed by atoms with Crippen molar-refractivity contribution in [2.75, 3.05) is 19.6 Å². The molecule has 1 fully saturated rings. The first-order valence-electron chi connectivity index (χ1n) is 6.69. The van der Waals surface area contributed by atoms with E-state index in [2.05, 4.69) is 29.4 Å². The van der Waals surface area contributed by atoms with Gasteiger partial charge in [-0.1, -0.05) is 0 Å². The molecule has 5 heteroatoms. The fraction of sp³-hybridized carbons (Fsp3) is 0.692. The Morgan fingerprint density at radius 3 is 3.00 bits per heavy atom. The van der Waals surface area contributed by atoms with Crippen LogP contribution in [0.2, 0.25) is 0 Å². The smallest absolute Gasteiger partial charge is 0.272 e. The number of H-pyrrole nitrogens is 1. The van der Waals surface area contributed by atoms with E-state index in [0.717, 1.165) is 19.6 Å². The molecular formula is C13H22N4O. The lowest BCUT2D eigenvalue weighted by molar-refractivity contribution is 0.0655. The second kappa shape index (κ2) is 6.00. The normalized spacial score (nSPS) is 20.1. The number of aromatic amines is 1. The van der Waals surface area contributed by atoms with Gasteiger partial charge in [0.05, 0.1) is 0 Å². The third kappa shape index (κ3) is 3.10. The molecule has 1 aliphatic rings. The number of nitrogens with one attached hydrogen (secondary N) is 2. The van der Waals surface area contributed by atoms with Crippen LogP contribution in [-0.4, -0.2) is 46.7 Å². The van der Waals surface area contributed by atoms with Crippen molar-refractivity contribution >= 4 is 5.91 Å². The number of amides is 1. The lowest BCUT2D eigenvalue weighted by Gasteiger charge is -2.32. The summed E-state index contributed by atoms with van der Waals surface area (Å²) >= 11 is 0. The Kier molecular flexibility index (Phi) is 4.36. The van der Waals surface area contributed by atoms with Gasteiger partial charge in [0.25, 0.3) is 5.91 Å². The van der Waals surface area contributed by atoms with Crippen molar-refractivity contribution in [2.45, 2.75) is 32.7 Å². The maximum absolute atomic E-state index is 12.4. The van der Waals surface area contributed by atoms with Crippen molar-refractivity contribution in [2.24, 2.45) is 5.92 Å². The average molecular weight is 250 g/mol. The minimum absolute atomic E-state index is 0.0491. The van der Waals surface area contributed by atoms with E-state index in [1.165, 1.54) is 12.8 Å². The van der Waals surface area contributed by atoms with E-state index in [4.69, 9.17) is 0 Å². The van der Waals surface area contributed by atoms with Crippen molar-refractivity contribution in [3.8, 4) is 0 Å².